The highest BCUT2D eigenvalue weighted by atomic mass is 16.3. The Labute approximate surface area is 134 Å². The van der Waals surface area contributed by atoms with E-state index in [4.69, 9.17) is 0 Å². The molecule has 0 spiro atoms. The lowest BCUT2D eigenvalue weighted by Gasteiger charge is -2.34. The maximum Gasteiger partial charge on any atom is 0.228 e. The summed E-state index contributed by atoms with van der Waals surface area (Å²) in [5, 5.41) is 10.3. The molecular formula is C19H29NO2. The van der Waals surface area contributed by atoms with E-state index < -0.39 is 0 Å². The van der Waals surface area contributed by atoms with Gasteiger partial charge in [0.1, 0.15) is 0 Å². The molecule has 0 saturated heterocycles. The van der Waals surface area contributed by atoms with Crippen molar-refractivity contribution in [3.8, 4) is 0 Å². The predicted octanol–water partition coefficient (Wildman–Crippen LogP) is 3.84. The number of nitrogens with zero attached hydrogens (tertiary/aromatic N) is 1. The normalized spacial score (nSPS) is 16.3. The summed E-state index contributed by atoms with van der Waals surface area (Å²) >= 11 is 0. The minimum atomic E-state index is -0.390. The molecule has 1 heterocycles. The fourth-order valence-electron chi connectivity index (χ4n) is 3.00. The number of rotatable bonds is 4. The summed E-state index contributed by atoms with van der Waals surface area (Å²) in [5.74, 6) is 0.204. The molecule has 1 amide bonds. The summed E-state index contributed by atoms with van der Waals surface area (Å²) in [7, 11) is 0. The second-order valence-electron chi connectivity index (χ2n) is 7.41. The number of fused-ring (bicyclic) bond motifs is 1. The Hall–Kier alpha value is -1.35. The Morgan fingerprint density at radius 3 is 2.68 bits per heavy atom. The quantitative estimate of drug-likeness (QED) is 0.918. The van der Waals surface area contributed by atoms with Gasteiger partial charge < -0.3 is 10.0 Å². The summed E-state index contributed by atoms with van der Waals surface area (Å²) in [6.07, 6.45) is 3.45. The van der Waals surface area contributed by atoms with Gasteiger partial charge in [-0.25, -0.2) is 0 Å². The highest BCUT2D eigenvalue weighted by Crippen LogP contribution is 2.28. The first-order valence-corrected chi connectivity index (χ1v) is 8.42. The average Bonchev–Trinajstić information content (AvgIpc) is 2.49. The number of amides is 1. The molecule has 0 bridgehead atoms. The summed E-state index contributed by atoms with van der Waals surface area (Å²) in [6.45, 7) is 9.50. The number of carbonyl (C=O) groups is 1. The van der Waals surface area contributed by atoms with E-state index in [0.29, 0.717) is 6.54 Å². The zero-order chi connectivity index (χ0) is 16.3. The van der Waals surface area contributed by atoms with E-state index in [1.165, 1.54) is 11.1 Å². The third-order valence-corrected chi connectivity index (χ3v) is 4.39. The van der Waals surface area contributed by atoms with Crippen LogP contribution in [0.25, 0.3) is 0 Å². The van der Waals surface area contributed by atoms with Crippen molar-refractivity contribution in [3.63, 3.8) is 0 Å². The molecule has 1 atom stereocenters. The van der Waals surface area contributed by atoms with Gasteiger partial charge >= 0.3 is 0 Å². The molecule has 0 saturated carbocycles. The third kappa shape index (κ3) is 3.89. The maximum atomic E-state index is 12.5. The van der Waals surface area contributed by atoms with Crippen LogP contribution in [-0.4, -0.2) is 22.5 Å². The number of carbonyl (C=O) groups excluding carboxylic acids is 1. The molecule has 1 unspecified atom stereocenters. The van der Waals surface area contributed by atoms with Gasteiger partial charge in [0.05, 0.1) is 6.10 Å². The fourth-order valence-corrected chi connectivity index (χ4v) is 3.00. The van der Waals surface area contributed by atoms with Crippen molar-refractivity contribution in [2.24, 2.45) is 5.41 Å². The smallest absolute Gasteiger partial charge is 0.228 e. The molecular weight excluding hydrogens is 274 g/mol. The van der Waals surface area contributed by atoms with Crippen LogP contribution >= 0.6 is 0 Å². The predicted molar refractivity (Wildman–Crippen MR) is 89.5 cm³/mol. The molecule has 1 aromatic carbocycles. The second kappa shape index (κ2) is 6.82. The molecule has 3 nitrogen and oxygen atoms in total. The molecule has 1 aliphatic rings. The van der Waals surface area contributed by atoms with Crippen molar-refractivity contribution in [1.29, 1.82) is 0 Å². The van der Waals surface area contributed by atoms with Crippen LogP contribution in [0, 0.1) is 5.41 Å². The lowest BCUT2D eigenvalue weighted by atomic mass is 9.90. The number of aliphatic hydroxyl groups excluding tert-OH is 1. The molecule has 0 fully saturated rings. The second-order valence-corrected chi connectivity index (χ2v) is 7.41. The van der Waals surface area contributed by atoms with Gasteiger partial charge in [-0.05, 0) is 29.5 Å². The van der Waals surface area contributed by atoms with Gasteiger partial charge in [-0.3, -0.25) is 4.79 Å². The Morgan fingerprint density at radius 1 is 1.32 bits per heavy atom. The van der Waals surface area contributed by atoms with Crippen molar-refractivity contribution in [2.75, 3.05) is 6.54 Å². The minimum Gasteiger partial charge on any atom is -0.388 e. The first-order valence-electron chi connectivity index (χ1n) is 8.42. The number of unbranched alkanes of at least 4 members (excludes halogenated alkanes) is 1. The molecule has 1 aliphatic heterocycles. The van der Waals surface area contributed by atoms with Crippen LogP contribution in [0.2, 0.25) is 0 Å². The van der Waals surface area contributed by atoms with Crippen LogP contribution < -0.4 is 0 Å². The van der Waals surface area contributed by atoms with Gasteiger partial charge in [0.25, 0.3) is 0 Å². The topological polar surface area (TPSA) is 40.5 Å². The van der Waals surface area contributed by atoms with Crippen LogP contribution in [0.15, 0.2) is 18.2 Å². The first kappa shape index (κ1) is 17.0. The fraction of sp³-hybridized carbons (Fsp3) is 0.632. The molecule has 22 heavy (non-hydrogen) atoms. The van der Waals surface area contributed by atoms with Gasteiger partial charge in [-0.1, -0.05) is 58.7 Å². The number of benzene rings is 1. The monoisotopic (exact) mass is 303 g/mol. The van der Waals surface area contributed by atoms with Crippen LogP contribution in [0.5, 0.6) is 0 Å². The van der Waals surface area contributed by atoms with Gasteiger partial charge in [0.2, 0.25) is 5.91 Å². The Bertz CT molecular complexity index is 531. The molecule has 1 aromatic rings. The van der Waals surface area contributed by atoms with Gasteiger partial charge in [-0.2, -0.15) is 0 Å². The molecule has 2 rings (SSSR count). The van der Waals surface area contributed by atoms with Crippen LogP contribution in [0.3, 0.4) is 0 Å². The van der Waals surface area contributed by atoms with Crippen molar-refractivity contribution >= 4 is 5.91 Å². The zero-order valence-corrected chi connectivity index (χ0v) is 14.4. The van der Waals surface area contributed by atoms with Gasteiger partial charge in [0, 0.05) is 18.5 Å². The molecule has 122 valence electrons. The van der Waals surface area contributed by atoms with E-state index in [2.05, 4.69) is 19.1 Å². The van der Waals surface area contributed by atoms with Crippen molar-refractivity contribution in [1.82, 2.24) is 4.90 Å². The number of hydrogen-bond acceptors (Lipinski definition) is 2. The van der Waals surface area contributed by atoms with Gasteiger partial charge in [-0.15, -0.1) is 0 Å². The maximum absolute atomic E-state index is 12.5. The first-order chi connectivity index (χ1) is 10.3. The number of hydrogen-bond donors (Lipinski definition) is 1. The lowest BCUT2D eigenvalue weighted by Crippen LogP contribution is -2.42. The van der Waals surface area contributed by atoms with E-state index in [0.717, 1.165) is 37.8 Å². The average molecular weight is 303 g/mol. The molecule has 0 aromatic heterocycles. The van der Waals surface area contributed by atoms with E-state index in [1.807, 2.05) is 31.7 Å². The molecule has 0 aliphatic carbocycles. The summed E-state index contributed by atoms with van der Waals surface area (Å²) in [5.41, 5.74) is 3.15. The summed E-state index contributed by atoms with van der Waals surface area (Å²) in [4.78, 5) is 14.4. The van der Waals surface area contributed by atoms with E-state index >= 15 is 0 Å². The van der Waals surface area contributed by atoms with Gasteiger partial charge in [0.15, 0.2) is 0 Å². The molecule has 1 N–H and O–H groups in total. The highest BCUT2D eigenvalue weighted by Gasteiger charge is 2.29. The third-order valence-electron chi connectivity index (χ3n) is 4.39. The summed E-state index contributed by atoms with van der Waals surface area (Å²) in [6, 6.07) is 6.26. The van der Waals surface area contributed by atoms with E-state index in [1.54, 1.807) is 0 Å². The molecule has 3 heteroatoms. The van der Waals surface area contributed by atoms with Crippen LogP contribution in [0.4, 0.5) is 0 Å². The van der Waals surface area contributed by atoms with Crippen molar-refractivity contribution < 1.29 is 9.90 Å². The van der Waals surface area contributed by atoms with Crippen LogP contribution in [0.1, 0.15) is 69.8 Å². The minimum absolute atomic E-state index is 0.204. The lowest BCUT2D eigenvalue weighted by molar-refractivity contribution is -0.140. The van der Waals surface area contributed by atoms with Crippen LogP contribution in [-0.2, 0) is 17.8 Å². The Kier molecular flexibility index (Phi) is 5.28. The van der Waals surface area contributed by atoms with E-state index in [-0.39, 0.29) is 17.4 Å². The SMILES string of the molecule is CCCCC(O)c1ccc2c(c1)CN(C(=O)C(C)(C)C)CC2. The van der Waals surface area contributed by atoms with Crippen molar-refractivity contribution in [2.45, 2.75) is 66.0 Å². The van der Waals surface area contributed by atoms with E-state index in [9.17, 15) is 9.90 Å². The standard InChI is InChI=1S/C19H29NO2/c1-5-6-7-17(21)15-9-8-14-10-11-20(13-16(14)12-15)18(22)19(2,3)4/h8-9,12,17,21H,5-7,10-11,13H2,1-4H3. The molecule has 0 radical (unpaired) electrons. The number of aliphatic hydroxyl groups is 1. The largest absolute Gasteiger partial charge is 0.388 e. The highest BCUT2D eigenvalue weighted by molar-refractivity contribution is 5.81. The Balaban J connectivity index is 2.14. The van der Waals surface area contributed by atoms with Crippen molar-refractivity contribution in [3.05, 3.63) is 34.9 Å². The zero-order valence-electron chi connectivity index (χ0n) is 14.4. The summed E-state index contributed by atoms with van der Waals surface area (Å²) < 4.78 is 0. The Morgan fingerprint density at radius 2 is 2.05 bits per heavy atom.